The van der Waals surface area contributed by atoms with Crippen LogP contribution < -0.4 is 0 Å². The van der Waals surface area contributed by atoms with E-state index in [0.29, 0.717) is 4.90 Å². The zero-order valence-electron chi connectivity index (χ0n) is 15.6. The zero-order valence-corrected chi connectivity index (χ0v) is 17.6. The second kappa shape index (κ2) is 9.97. The summed E-state index contributed by atoms with van der Waals surface area (Å²) in [6, 6.07) is 6.89. The molecule has 1 aliphatic rings. The highest BCUT2D eigenvalue weighted by Gasteiger charge is 2.20. The second-order valence-corrected chi connectivity index (χ2v) is 9.08. The van der Waals surface area contributed by atoms with Crippen molar-refractivity contribution in [2.45, 2.75) is 43.2 Å². The van der Waals surface area contributed by atoms with E-state index < -0.39 is 15.5 Å². The van der Waals surface area contributed by atoms with Gasteiger partial charge in [0.1, 0.15) is 0 Å². The molecule has 6 heteroatoms. The van der Waals surface area contributed by atoms with Gasteiger partial charge in [-0.05, 0) is 60.6 Å². The Balaban J connectivity index is 0.00000176. The summed E-state index contributed by atoms with van der Waals surface area (Å²) in [5, 5.41) is 0. The van der Waals surface area contributed by atoms with E-state index in [4.69, 9.17) is 0 Å². The van der Waals surface area contributed by atoms with E-state index in [1.54, 1.807) is 27.4 Å². The predicted octanol–water partition coefficient (Wildman–Crippen LogP) is 5.64. The highest BCUT2D eigenvalue weighted by molar-refractivity contribution is 7.90. The maximum atomic E-state index is 13.0. The van der Waals surface area contributed by atoms with Crippen molar-refractivity contribution in [2.24, 2.45) is 0 Å². The largest absolute Gasteiger partial charge is 0.262 e. The quantitative estimate of drug-likeness (QED) is 0.346. The van der Waals surface area contributed by atoms with Crippen LogP contribution in [0.3, 0.4) is 0 Å². The zero-order chi connectivity index (χ0) is 20.7. The molecule has 1 atom stereocenters. The summed E-state index contributed by atoms with van der Waals surface area (Å²) < 4.78 is 49.1. The normalized spacial score (nSPS) is 15.7. The molecular formula is C21H25F2O2PS. The van der Waals surface area contributed by atoms with Crippen LogP contribution in [0.2, 0.25) is 0 Å². The fraction of sp³-hybridized carbons (Fsp3) is 0.333. The number of benzene rings is 1. The van der Waals surface area contributed by atoms with Gasteiger partial charge in [0.05, 0.1) is 4.90 Å². The van der Waals surface area contributed by atoms with E-state index >= 15 is 0 Å². The summed E-state index contributed by atoms with van der Waals surface area (Å²) in [5.74, 6) is 0. The molecule has 0 amide bonds. The lowest BCUT2D eigenvalue weighted by Crippen LogP contribution is -2.01. The molecular weight excluding hydrogens is 385 g/mol. The molecule has 27 heavy (non-hydrogen) atoms. The molecule has 1 aromatic rings. The van der Waals surface area contributed by atoms with Gasteiger partial charge < -0.3 is 0 Å². The first-order valence-electron chi connectivity index (χ1n) is 8.47. The molecule has 2 rings (SSSR count). The predicted molar refractivity (Wildman–Crippen MR) is 112 cm³/mol. The molecule has 0 saturated carbocycles. The van der Waals surface area contributed by atoms with Gasteiger partial charge in [-0.3, -0.25) is 0 Å². The Kier molecular flexibility index (Phi) is 8.59. The first-order chi connectivity index (χ1) is 12.6. The number of halogens is 2. The molecule has 0 bridgehead atoms. The van der Waals surface area contributed by atoms with Gasteiger partial charge in [0.15, 0.2) is 9.84 Å². The van der Waals surface area contributed by atoms with Crippen LogP contribution in [0.15, 0.2) is 58.5 Å². The van der Waals surface area contributed by atoms with Crippen molar-refractivity contribution in [3.63, 3.8) is 0 Å². The van der Waals surface area contributed by atoms with Crippen LogP contribution in [-0.2, 0) is 9.84 Å². The molecule has 2 nitrogen and oxygen atoms in total. The van der Waals surface area contributed by atoms with Crippen molar-refractivity contribution >= 4 is 24.7 Å². The fourth-order valence-electron chi connectivity index (χ4n) is 3.00. The van der Waals surface area contributed by atoms with Crippen LogP contribution in [0, 0.1) is 12.8 Å². The van der Waals surface area contributed by atoms with Crippen molar-refractivity contribution in [3.05, 3.63) is 59.2 Å². The Morgan fingerprint density at radius 3 is 2.30 bits per heavy atom. The number of alkyl halides is 2. The monoisotopic (exact) mass is 410 g/mol. The van der Waals surface area contributed by atoms with Gasteiger partial charge in [-0.2, -0.15) is 0 Å². The van der Waals surface area contributed by atoms with Crippen LogP contribution in [0.5, 0.6) is 0 Å². The number of allylic oxidation sites excluding steroid dienone is 6. The van der Waals surface area contributed by atoms with Crippen molar-refractivity contribution in [1.29, 1.82) is 0 Å². The van der Waals surface area contributed by atoms with E-state index in [2.05, 4.69) is 12.8 Å². The topological polar surface area (TPSA) is 34.1 Å². The molecule has 1 unspecified atom stereocenters. The van der Waals surface area contributed by atoms with Gasteiger partial charge in [-0.15, -0.1) is 12.8 Å². The molecule has 1 aliphatic carbocycles. The van der Waals surface area contributed by atoms with E-state index in [0.717, 1.165) is 41.5 Å². The van der Waals surface area contributed by atoms with E-state index in [-0.39, 0.29) is 6.42 Å². The summed E-state index contributed by atoms with van der Waals surface area (Å²) in [5.41, 5.74) is 1.47. The summed E-state index contributed by atoms with van der Waals surface area (Å²) in [7, 11) is -1.67. The molecule has 0 spiro atoms. The van der Waals surface area contributed by atoms with E-state index in [9.17, 15) is 17.2 Å². The summed E-state index contributed by atoms with van der Waals surface area (Å²) in [4.78, 5) is 0.297. The Morgan fingerprint density at radius 2 is 1.81 bits per heavy atom. The Hall–Kier alpha value is -1.76. The number of rotatable bonds is 6. The molecule has 0 aliphatic heterocycles. The lowest BCUT2D eigenvalue weighted by atomic mass is 9.96. The van der Waals surface area contributed by atoms with Crippen LogP contribution in [0.25, 0.3) is 5.57 Å². The third kappa shape index (κ3) is 7.05. The number of sulfone groups is 1. The third-order valence-corrected chi connectivity index (χ3v) is 5.56. The standard InChI is InChI=1S/C19H23F2O2PS.C2H2/c1-3-14(6-5-13-19(20,21)24)17-7-4-8-18(17)15-9-11-16(12-10-15)25(2,22)23;1-2/h3,5-6,9-12H,4,7-8,13,24H2,1-2H3;1-2H/b6-5-,14-3+;. The van der Waals surface area contributed by atoms with Crippen molar-refractivity contribution in [2.75, 3.05) is 6.26 Å². The van der Waals surface area contributed by atoms with Crippen LogP contribution in [0.4, 0.5) is 8.78 Å². The minimum absolute atomic E-state index is 0.297. The lowest BCUT2D eigenvalue weighted by molar-refractivity contribution is 0.108. The molecule has 0 aromatic heterocycles. The molecule has 0 heterocycles. The highest BCUT2D eigenvalue weighted by atomic mass is 32.2. The van der Waals surface area contributed by atoms with Gasteiger partial charge in [0.25, 0.3) is 5.66 Å². The summed E-state index contributed by atoms with van der Waals surface area (Å²) in [6.07, 6.45) is 16.9. The van der Waals surface area contributed by atoms with Crippen molar-refractivity contribution in [1.82, 2.24) is 0 Å². The lowest BCUT2D eigenvalue weighted by Gasteiger charge is -2.11. The molecule has 0 radical (unpaired) electrons. The number of hydrogen-bond donors (Lipinski definition) is 0. The highest BCUT2D eigenvalue weighted by Crippen LogP contribution is 2.38. The molecule has 0 saturated heterocycles. The second-order valence-electron chi connectivity index (χ2n) is 6.22. The first kappa shape index (κ1) is 23.3. The Labute approximate surface area is 163 Å². The fourth-order valence-corrected chi connectivity index (χ4v) is 3.76. The molecule has 1 aromatic carbocycles. The van der Waals surface area contributed by atoms with Crippen LogP contribution in [-0.4, -0.2) is 20.3 Å². The van der Waals surface area contributed by atoms with E-state index in [1.165, 1.54) is 12.3 Å². The summed E-state index contributed by atoms with van der Waals surface area (Å²) in [6.45, 7) is 1.90. The molecule has 0 fully saturated rings. The van der Waals surface area contributed by atoms with Crippen molar-refractivity contribution in [3.8, 4) is 12.8 Å². The number of terminal acetylenes is 1. The van der Waals surface area contributed by atoms with E-state index in [1.807, 2.05) is 25.1 Å². The number of hydrogen-bond acceptors (Lipinski definition) is 2. The maximum Gasteiger partial charge on any atom is 0.262 e. The average molecular weight is 410 g/mol. The van der Waals surface area contributed by atoms with Gasteiger partial charge in [-0.1, -0.05) is 39.6 Å². The smallest absolute Gasteiger partial charge is 0.224 e. The maximum absolute atomic E-state index is 13.0. The minimum Gasteiger partial charge on any atom is -0.224 e. The van der Waals surface area contributed by atoms with Crippen LogP contribution in [0.1, 0.15) is 38.2 Å². The van der Waals surface area contributed by atoms with Gasteiger partial charge >= 0.3 is 0 Å². The van der Waals surface area contributed by atoms with Crippen molar-refractivity contribution < 1.29 is 17.2 Å². The average Bonchev–Trinajstić information content (AvgIpc) is 3.08. The third-order valence-electron chi connectivity index (χ3n) is 4.20. The molecule has 0 N–H and O–H groups in total. The summed E-state index contributed by atoms with van der Waals surface area (Å²) >= 11 is 0. The Bertz CT molecular complexity index is 856. The SMILES string of the molecule is C#C.C/C=C(\C=C/CC(F)(F)P)C1=C(c2ccc(S(C)(=O)=O)cc2)CCC1. The first-order valence-corrected chi connectivity index (χ1v) is 10.9. The molecule has 146 valence electrons. The Morgan fingerprint density at radius 1 is 1.22 bits per heavy atom. The van der Waals surface area contributed by atoms with Crippen LogP contribution >= 0.6 is 9.24 Å². The van der Waals surface area contributed by atoms with Gasteiger partial charge in [0, 0.05) is 12.7 Å². The minimum atomic E-state index is -3.22. The van der Waals surface area contributed by atoms with Gasteiger partial charge in [-0.25, -0.2) is 17.2 Å². The van der Waals surface area contributed by atoms with Gasteiger partial charge in [0.2, 0.25) is 0 Å².